The van der Waals surface area contributed by atoms with E-state index in [-0.39, 0.29) is 5.91 Å². The van der Waals surface area contributed by atoms with Gasteiger partial charge in [-0.2, -0.15) is 5.10 Å². The Labute approximate surface area is 135 Å². The van der Waals surface area contributed by atoms with E-state index < -0.39 is 5.41 Å². The number of hydrogen-bond acceptors (Lipinski definition) is 4. The van der Waals surface area contributed by atoms with Gasteiger partial charge >= 0.3 is 0 Å². The van der Waals surface area contributed by atoms with Crippen LogP contribution in [0.5, 0.6) is 0 Å². The first kappa shape index (κ1) is 15.7. The molecule has 0 saturated carbocycles. The lowest BCUT2D eigenvalue weighted by atomic mass is 9.79. The van der Waals surface area contributed by atoms with Crippen molar-refractivity contribution in [3.63, 3.8) is 0 Å². The van der Waals surface area contributed by atoms with E-state index in [0.29, 0.717) is 39.1 Å². The van der Waals surface area contributed by atoms with Crippen molar-refractivity contribution in [2.45, 2.75) is 19.4 Å². The highest BCUT2D eigenvalue weighted by Gasteiger charge is 2.38. The zero-order valence-corrected chi connectivity index (χ0v) is 13.1. The third-order valence-electron chi connectivity index (χ3n) is 4.42. The van der Waals surface area contributed by atoms with Crippen molar-refractivity contribution >= 4 is 5.91 Å². The maximum absolute atomic E-state index is 12.5. The summed E-state index contributed by atoms with van der Waals surface area (Å²) in [6, 6.07) is 11.8. The van der Waals surface area contributed by atoms with Crippen molar-refractivity contribution in [1.82, 2.24) is 15.1 Å². The van der Waals surface area contributed by atoms with Gasteiger partial charge in [0.05, 0.1) is 23.3 Å². The summed E-state index contributed by atoms with van der Waals surface area (Å²) in [4.78, 5) is 12.5. The van der Waals surface area contributed by atoms with Crippen LogP contribution >= 0.6 is 0 Å². The first-order valence-electron chi connectivity index (χ1n) is 7.90. The van der Waals surface area contributed by atoms with E-state index in [4.69, 9.17) is 10.5 Å². The highest BCUT2D eigenvalue weighted by molar-refractivity contribution is 5.83. The van der Waals surface area contributed by atoms with E-state index >= 15 is 0 Å². The molecule has 1 fully saturated rings. The molecule has 0 radical (unpaired) electrons. The minimum atomic E-state index is -0.500. The van der Waals surface area contributed by atoms with Gasteiger partial charge in [-0.1, -0.05) is 18.2 Å². The molecule has 1 amide bonds. The Morgan fingerprint density at radius 3 is 2.70 bits per heavy atom. The molecule has 6 heteroatoms. The smallest absolute Gasteiger partial charge is 0.227 e. The van der Waals surface area contributed by atoms with Crippen molar-refractivity contribution in [2.24, 2.45) is 11.1 Å². The molecule has 3 N–H and O–H groups in total. The number of ether oxygens (including phenoxy) is 1. The molecule has 0 aliphatic carbocycles. The topological polar surface area (TPSA) is 82.2 Å². The third kappa shape index (κ3) is 3.43. The fraction of sp³-hybridized carbons (Fsp3) is 0.412. The molecule has 23 heavy (non-hydrogen) atoms. The van der Waals surface area contributed by atoms with Crippen LogP contribution in [0, 0.1) is 5.41 Å². The molecule has 0 bridgehead atoms. The summed E-state index contributed by atoms with van der Waals surface area (Å²) >= 11 is 0. The van der Waals surface area contributed by atoms with Crippen LogP contribution in [0.15, 0.2) is 42.6 Å². The second-order valence-electron chi connectivity index (χ2n) is 5.87. The van der Waals surface area contributed by atoms with Crippen LogP contribution < -0.4 is 11.1 Å². The Bertz CT molecular complexity index is 648. The molecule has 2 heterocycles. The van der Waals surface area contributed by atoms with Gasteiger partial charge in [0.2, 0.25) is 5.91 Å². The van der Waals surface area contributed by atoms with Gasteiger partial charge in [0.15, 0.2) is 0 Å². The van der Waals surface area contributed by atoms with Crippen LogP contribution in [-0.4, -0.2) is 35.4 Å². The predicted octanol–water partition coefficient (Wildman–Crippen LogP) is 1.24. The lowest BCUT2D eigenvalue weighted by Gasteiger charge is -2.34. The van der Waals surface area contributed by atoms with E-state index in [1.54, 1.807) is 4.68 Å². The fourth-order valence-corrected chi connectivity index (χ4v) is 2.82. The molecule has 1 saturated heterocycles. The maximum Gasteiger partial charge on any atom is 0.227 e. The summed E-state index contributed by atoms with van der Waals surface area (Å²) in [6.45, 7) is 1.93. The Kier molecular flexibility index (Phi) is 4.73. The van der Waals surface area contributed by atoms with Crippen LogP contribution in [0.4, 0.5) is 0 Å². The Morgan fingerprint density at radius 2 is 2.00 bits per heavy atom. The van der Waals surface area contributed by atoms with Crippen molar-refractivity contribution < 1.29 is 9.53 Å². The summed E-state index contributed by atoms with van der Waals surface area (Å²) < 4.78 is 7.14. The molecular weight excluding hydrogens is 292 g/mol. The van der Waals surface area contributed by atoms with E-state index in [1.165, 1.54) is 0 Å². The molecule has 122 valence electrons. The summed E-state index contributed by atoms with van der Waals surface area (Å²) in [5, 5.41) is 7.47. The zero-order chi connectivity index (χ0) is 16.1. The standard InChI is InChI=1S/C17H22N4O2/c18-13-17(7-10-23-11-8-17)16(22)19-12-14-6-9-21(20-14)15-4-2-1-3-5-15/h1-6,9H,7-8,10-13,18H2,(H,19,22). The van der Waals surface area contributed by atoms with Gasteiger partial charge in [-0.15, -0.1) is 0 Å². The Balaban J connectivity index is 1.62. The Hall–Kier alpha value is -2.18. The lowest BCUT2D eigenvalue weighted by Crippen LogP contribution is -2.49. The molecule has 1 aliphatic rings. The summed E-state index contributed by atoms with van der Waals surface area (Å²) in [6.07, 6.45) is 3.24. The number of nitrogens with zero attached hydrogens (tertiary/aromatic N) is 2. The monoisotopic (exact) mass is 314 g/mol. The quantitative estimate of drug-likeness (QED) is 0.870. The van der Waals surface area contributed by atoms with Crippen LogP contribution in [0.3, 0.4) is 0 Å². The lowest BCUT2D eigenvalue weighted by molar-refractivity contribution is -0.136. The number of para-hydroxylation sites is 1. The Morgan fingerprint density at radius 1 is 1.26 bits per heavy atom. The van der Waals surface area contributed by atoms with Gasteiger partial charge in [0.25, 0.3) is 0 Å². The zero-order valence-electron chi connectivity index (χ0n) is 13.1. The van der Waals surface area contributed by atoms with Crippen molar-refractivity contribution in [3.05, 3.63) is 48.3 Å². The number of benzene rings is 1. The van der Waals surface area contributed by atoms with E-state index in [9.17, 15) is 4.79 Å². The fourth-order valence-electron chi connectivity index (χ4n) is 2.82. The molecule has 3 rings (SSSR count). The molecule has 0 atom stereocenters. The molecule has 2 aromatic rings. The molecule has 0 spiro atoms. The molecule has 1 aromatic heterocycles. The number of aromatic nitrogens is 2. The van der Waals surface area contributed by atoms with E-state index in [0.717, 1.165) is 11.4 Å². The van der Waals surface area contributed by atoms with Gasteiger partial charge in [0, 0.05) is 26.0 Å². The molecule has 1 aromatic carbocycles. The number of rotatable bonds is 5. The van der Waals surface area contributed by atoms with Gasteiger partial charge in [-0.25, -0.2) is 4.68 Å². The maximum atomic E-state index is 12.5. The normalized spacial score (nSPS) is 16.9. The predicted molar refractivity (Wildman–Crippen MR) is 87.0 cm³/mol. The van der Waals surface area contributed by atoms with Crippen molar-refractivity contribution in [3.8, 4) is 5.69 Å². The number of amides is 1. The van der Waals surface area contributed by atoms with Gasteiger partial charge in [-0.05, 0) is 31.0 Å². The summed E-state index contributed by atoms with van der Waals surface area (Å²) in [5.74, 6) is -0.00226. The number of carbonyl (C=O) groups excluding carboxylic acids is 1. The third-order valence-corrected chi connectivity index (χ3v) is 4.42. The second kappa shape index (κ2) is 6.93. The van der Waals surface area contributed by atoms with Crippen LogP contribution in [0.25, 0.3) is 5.69 Å². The molecule has 6 nitrogen and oxygen atoms in total. The van der Waals surface area contributed by atoms with Crippen LogP contribution in [0.2, 0.25) is 0 Å². The SMILES string of the molecule is NCC1(C(=O)NCc2ccn(-c3ccccc3)n2)CCOCC1. The highest BCUT2D eigenvalue weighted by atomic mass is 16.5. The van der Waals surface area contributed by atoms with E-state index in [2.05, 4.69) is 10.4 Å². The number of hydrogen-bond donors (Lipinski definition) is 2. The van der Waals surface area contributed by atoms with Crippen LogP contribution in [0.1, 0.15) is 18.5 Å². The average Bonchev–Trinajstić information content (AvgIpc) is 3.10. The largest absolute Gasteiger partial charge is 0.381 e. The minimum Gasteiger partial charge on any atom is -0.381 e. The summed E-state index contributed by atoms with van der Waals surface area (Å²) in [7, 11) is 0. The summed E-state index contributed by atoms with van der Waals surface area (Å²) in [5.41, 5.74) is 7.17. The molecule has 1 aliphatic heterocycles. The molecular formula is C17H22N4O2. The number of carbonyl (C=O) groups is 1. The number of nitrogens with two attached hydrogens (primary N) is 1. The van der Waals surface area contributed by atoms with Gasteiger partial charge in [-0.3, -0.25) is 4.79 Å². The average molecular weight is 314 g/mol. The number of nitrogens with one attached hydrogen (secondary N) is 1. The second-order valence-corrected chi connectivity index (χ2v) is 5.87. The van der Waals surface area contributed by atoms with Gasteiger partial charge < -0.3 is 15.8 Å². The van der Waals surface area contributed by atoms with E-state index in [1.807, 2.05) is 42.6 Å². The minimum absolute atomic E-state index is 0.00226. The van der Waals surface area contributed by atoms with Crippen molar-refractivity contribution in [1.29, 1.82) is 0 Å². The first-order chi connectivity index (χ1) is 11.2. The first-order valence-corrected chi connectivity index (χ1v) is 7.90. The van der Waals surface area contributed by atoms with Crippen molar-refractivity contribution in [2.75, 3.05) is 19.8 Å². The van der Waals surface area contributed by atoms with Crippen LogP contribution in [-0.2, 0) is 16.1 Å². The highest BCUT2D eigenvalue weighted by Crippen LogP contribution is 2.29. The van der Waals surface area contributed by atoms with Gasteiger partial charge in [0.1, 0.15) is 0 Å². The molecule has 0 unspecified atom stereocenters.